The lowest BCUT2D eigenvalue weighted by molar-refractivity contribution is -0.136. The number of benzene rings is 1. The second kappa shape index (κ2) is 7.40. The maximum absolute atomic E-state index is 12.9. The van der Waals surface area contributed by atoms with E-state index < -0.39 is 23.1 Å². The van der Waals surface area contributed by atoms with Crippen LogP contribution in [-0.4, -0.2) is 36.3 Å². The zero-order valence-corrected chi connectivity index (χ0v) is 17.2. The molecule has 4 rings (SSSR count). The van der Waals surface area contributed by atoms with Crippen LogP contribution in [0.15, 0.2) is 39.1 Å². The third-order valence-electron chi connectivity index (χ3n) is 5.26. The van der Waals surface area contributed by atoms with Gasteiger partial charge in [0.25, 0.3) is 5.56 Å². The van der Waals surface area contributed by atoms with Crippen molar-refractivity contribution in [3.05, 3.63) is 61.4 Å². The van der Waals surface area contributed by atoms with Crippen molar-refractivity contribution in [3.63, 3.8) is 0 Å². The molecule has 0 bridgehead atoms. The number of H-pyrrole nitrogens is 1. The van der Waals surface area contributed by atoms with Crippen molar-refractivity contribution in [2.24, 2.45) is 5.92 Å². The van der Waals surface area contributed by atoms with Crippen LogP contribution in [0.5, 0.6) is 11.5 Å². The molecule has 9 nitrogen and oxygen atoms in total. The van der Waals surface area contributed by atoms with Gasteiger partial charge in [0, 0.05) is 6.54 Å². The fourth-order valence-corrected chi connectivity index (χ4v) is 3.99. The minimum absolute atomic E-state index is 0.0556. The Morgan fingerprint density at radius 2 is 1.90 bits per heavy atom. The summed E-state index contributed by atoms with van der Waals surface area (Å²) in [5, 5.41) is 3.12. The van der Waals surface area contributed by atoms with E-state index in [0.717, 1.165) is 0 Å². The lowest BCUT2D eigenvalue weighted by atomic mass is 9.82. The molecule has 2 N–H and O–H groups in total. The highest BCUT2D eigenvalue weighted by atomic mass is 16.5. The smallest absolute Gasteiger partial charge is 0.337 e. The third kappa shape index (κ3) is 3.06. The molecule has 0 saturated heterocycles. The molecule has 1 aromatic carbocycles. The number of hydrogen-bond acceptors (Lipinski definition) is 7. The van der Waals surface area contributed by atoms with Crippen LogP contribution in [-0.2, 0) is 16.1 Å². The number of fused-ring (bicyclic) bond motifs is 1. The molecule has 0 spiro atoms. The van der Waals surface area contributed by atoms with Gasteiger partial charge in [-0.3, -0.25) is 14.3 Å². The first-order valence-corrected chi connectivity index (χ1v) is 9.61. The van der Waals surface area contributed by atoms with E-state index in [0.29, 0.717) is 46.3 Å². The average Bonchev–Trinajstić information content (AvgIpc) is 3.09. The first-order chi connectivity index (χ1) is 14.3. The molecule has 2 aliphatic rings. The monoisotopic (exact) mass is 413 g/mol. The van der Waals surface area contributed by atoms with Gasteiger partial charge >= 0.3 is 11.7 Å². The SMILES string of the molecule is COc1ccc(C2C3=C(COC3=O)Nc3c2c(=O)[nH]c(=O)n3CC(C)C)cc1OC. The second-order valence-electron chi connectivity index (χ2n) is 7.67. The van der Waals surface area contributed by atoms with Crippen LogP contribution in [0.25, 0.3) is 0 Å². The molecule has 1 atom stereocenters. The van der Waals surface area contributed by atoms with E-state index in [1.54, 1.807) is 18.2 Å². The Hall–Kier alpha value is -3.49. The first-order valence-electron chi connectivity index (χ1n) is 9.61. The van der Waals surface area contributed by atoms with Gasteiger partial charge in [0.15, 0.2) is 11.5 Å². The Balaban J connectivity index is 2.00. The normalized spacial score (nSPS) is 17.4. The van der Waals surface area contributed by atoms with E-state index in [2.05, 4.69) is 10.3 Å². The van der Waals surface area contributed by atoms with Gasteiger partial charge in [0.05, 0.1) is 37.0 Å². The molecule has 158 valence electrons. The number of aromatic nitrogens is 2. The highest BCUT2D eigenvalue weighted by Gasteiger charge is 2.41. The molecule has 0 saturated carbocycles. The number of cyclic esters (lactones) is 1. The zero-order chi connectivity index (χ0) is 21.6. The Morgan fingerprint density at radius 3 is 2.57 bits per heavy atom. The number of aromatic amines is 1. The maximum Gasteiger partial charge on any atom is 0.337 e. The van der Waals surface area contributed by atoms with E-state index in [9.17, 15) is 14.4 Å². The number of hydrogen-bond donors (Lipinski definition) is 2. The minimum atomic E-state index is -0.714. The number of esters is 1. The van der Waals surface area contributed by atoms with Crippen LogP contribution in [0.3, 0.4) is 0 Å². The van der Waals surface area contributed by atoms with E-state index in [-0.39, 0.29) is 12.5 Å². The number of methoxy groups -OCH3 is 2. The summed E-state index contributed by atoms with van der Waals surface area (Å²) in [6, 6.07) is 5.22. The summed E-state index contributed by atoms with van der Waals surface area (Å²) in [7, 11) is 3.04. The molecule has 1 unspecified atom stereocenters. The van der Waals surface area contributed by atoms with Crippen LogP contribution >= 0.6 is 0 Å². The molecule has 3 heterocycles. The Bertz CT molecular complexity index is 1170. The number of nitrogens with zero attached hydrogens (tertiary/aromatic N) is 1. The number of ether oxygens (including phenoxy) is 3. The summed E-state index contributed by atoms with van der Waals surface area (Å²) < 4.78 is 17.5. The molecule has 0 aliphatic carbocycles. The number of carbonyl (C=O) groups is 1. The van der Waals surface area contributed by atoms with E-state index >= 15 is 0 Å². The molecule has 0 amide bonds. The van der Waals surface area contributed by atoms with Gasteiger partial charge in [-0.1, -0.05) is 19.9 Å². The van der Waals surface area contributed by atoms with Crippen LogP contribution in [0.1, 0.15) is 30.9 Å². The van der Waals surface area contributed by atoms with Gasteiger partial charge in [-0.25, -0.2) is 9.59 Å². The van der Waals surface area contributed by atoms with Crippen LogP contribution in [0, 0.1) is 5.92 Å². The van der Waals surface area contributed by atoms with Gasteiger partial charge in [-0.15, -0.1) is 0 Å². The van der Waals surface area contributed by atoms with Crippen LogP contribution in [0.2, 0.25) is 0 Å². The van der Waals surface area contributed by atoms with E-state index in [4.69, 9.17) is 14.2 Å². The molecule has 0 fully saturated rings. The number of anilines is 1. The van der Waals surface area contributed by atoms with Crippen molar-refractivity contribution in [1.82, 2.24) is 9.55 Å². The Labute approximate surface area is 172 Å². The lowest BCUT2D eigenvalue weighted by Gasteiger charge is -2.29. The topological polar surface area (TPSA) is 112 Å². The largest absolute Gasteiger partial charge is 0.493 e. The molecule has 2 aromatic rings. The molecule has 9 heteroatoms. The van der Waals surface area contributed by atoms with Gasteiger partial charge in [0.2, 0.25) is 0 Å². The van der Waals surface area contributed by atoms with Gasteiger partial charge in [0.1, 0.15) is 12.4 Å². The number of carbonyl (C=O) groups excluding carboxylic acids is 1. The summed E-state index contributed by atoms with van der Waals surface area (Å²) in [6.45, 7) is 4.41. The molecular formula is C21H23N3O6. The van der Waals surface area contributed by atoms with Crippen molar-refractivity contribution < 1.29 is 19.0 Å². The zero-order valence-electron chi connectivity index (χ0n) is 17.2. The molecular weight excluding hydrogens is 390 g/mol. The standard InChI is InChI=1S/C21H23N3O6/c1-10(2)8-24-18-17(19(25)23-21(24)27)15(16-12(22-18)9-30-20(16)26)11-5-6-13(28-3)14(7-11)29-4/h5-7,10,15,22H,8-9H2,1-4H3,(H,23,25,27). The van der Waals surface area contributed by atoms with Gasteiger partial charge in [-0.05, 0) is 23.6 Å². The number of nitrogens with one attached hydrogen (secondary N) is 2. The quantitative estimate of drug-likeness (QED) is 0.716. The molecule has 0 radical (unpaired) electrons. The lowest BCUT2D eigenvalue weighted by Crippen LogP contribution is -2.39. The predicted octanol–water partition coefficient (Wildman–Crippen LogP) is 1.58. The van der Waals surface area contributed by atoms with Crippen molar-refractivity contribution in [2.75, 3.05) is 26.1 Å². The fraction of sp³-hybridized carbons (Fsp3) is 0.381. The van der Waals surface area contributed by atoms with Gasteiger partial charge in [-0.2, -0.15) is 0 Å². The Kier molecular flexibility index (Phi) is 4.89. The Morgan fingerprint density at radius 1 is 1.17 bits per heavy atom. The van der Waals surface area contributed by atoms with E-state index in [1.165, 1.54) is 18.8 Å². The highest BCUT2D eigenvalue weighted by Crippen LogP contribution is 2.44. The van der Waals surface area contributed by atoms with Crippen LogP contribution in [0.4, 0.5) is 5.82 Å². The summed E-state index contributed by atoms with van der Waals surface area (Å²) >= 11 is 0. The maximum atomic E-state index is 12.9. The second-order valence-corrected chi connectivity index (χ2v) is 7.67. The molecule has 30 heavy (non-hydrogen) atoms. The average molecular weight is 413 g/mol. The van der Waals surface area contributed by atoms with Crippen molar-refractivity contribution in [1.29, 1.82) is 0 Å². The molecule has 2 aliphatic heterocycles. The third-order valence-corrected chi connectivity index (χ3v) is 5.26. The summed E-state index contributed by atoms with van der Waals surface area (Å²) in [4.78, 5) is 40.5. The van der Waals surface area contributed by atoms with Crippen molar-refractivity contribution in [2.45, 2.75) is 26.3 Å². The number of rotatable bonds is 5. The minimum Gasteiger partial charge on any atom is -0.493 e. The highest BCUT2D eigenvalue weighted by molar-refractivity contribution is 5.96. The van der Waals surface area contributed by atoms with Gasteiger partial charge < -0.3 is 19.5 Å². The van der Waals surface area contributed by atoms with Crippen molar-refractivity contribution >= 4 is 11.8 Å². The summed E-state index contributed by atoms with van der Waals surface area (Å²) in [5.74, 6) is 0.329. The molecule has 1 aromatic heterocycles. The predicted molar refractivity (Wildman–Crippen MR) is 109 cm³/mol. The first kappa shape index (κ1) is 19.8. The van der Waals surface area contributed by atoms with E-state index in [1.807, 2.05) is 13.8 Å². The summed E-state index contributed by atoms with van der Waals surface area (Å²) in [6.07, 6.45) is 0. The van der Waals surface area contributed by atoms with Crippen molar-refractivity contribution in [3.8, 4) is 11.5 Å². The summed E-state index contributed by atoms with van der Waals surface area (Å²) in [5.41, 5.74) is 0.806. The van der Waals surface area contributed by atoms with Crippen LogP contribution < -0.4 is 26.0 Å². The fourth-order valence-electron chi connectivity index (χ4n) is 3.99.